The quantitative estimate of drug-likeness (QED) is 0.0261. The summed E-state index contributed by atoms with van der Waals surface area (Å²) in [5.74, 6) is -1.73. The monoisotopic (exact) mass is 818 g/mol. The van der Waals surface area contributed by atoms with Crippen LogP contribution in [0.3, 0.4) is 0 Å². The van der Waals surface area contributed by atoms with Gasteiger partial charge in [0.1, 0.15) is 12.6 Å². The first-order valence-corrected chi connectivity index (χ1v) is 24.0. The fraction of sp³-hybridized carbons (Fsp3) is 0.820. The Morgan fingerprint density at radius 2 is 0.966 bits per heavy atom. The first-order chi connectivity index (χ1) is 28.1. The standard InChI is InChI=1S/C50H91NO7/c1-6-8-10-12-14-16-18-19-20-21-22-23-24-25-26-27-28-29-31-32-34-36-38-40-48(52)57-45-46(44-56-43-42-47(50(54)55)51(3,4)5)58-49(53)41-39-37-35-33-30-17-15-13-11-9-7-2/h8,10,14,16,19-20,46-47H,6-7,9,11-13,15,17-18,21-45H2,1-5H3/b10-8+,16-14+,20-19+. The predicted molar refractivity (Wildman–Crippen MR) is 240 cm³/mol. The van der Waals surface area contributed by atoms with Crippen molar-refractivity contribution in [3.05, 3.63) is 36.5 Å². The maximum atomic E-state index is 12.7. The lowest BCUT2D eigenvalue weighted by molar-refractivity contribution is -0.889. The van der Waals surface area contributed by atoms with E-state index in [0.717, 1.165) is 57.8 Å². The van der Waals surface area contributed by atoms with E-state index >= 15 is 0 Å². The minimum absolute atomic E-state index is 0.0441. The Bertz CT molecular complexity index is 1050. The Labute approximate surface area is 357 Å². The normalized spacial score (nSPS) is 13.2. The van der Waals surface area contributed by atoms with E-state index in [1.807, 2.05) is 0 Å². The van der Waals surface area contributed by atoms with Crippen LogP contribution in [0.4, 0.5) is 0 Å². The van der Waals surface area contributed by atoms with E-state index in [1.165, 1.54) is 122 Å². The molecule has 0 aromatic heterocycles. The molecule has 0 rings (SSSR count). The highest BCUT2D eigenvalue weighted by Gasteiger charge is 2.25. The third-order valence-electron chi connectivity index (χ3n) is 10.8. The van der Waals surface area contributed by atoms with E-state index in [4.69, 9.17) is 14.2 Å². The molecule has 0 radical (unpaired) electrons. The van der Waals surface area contributed by atoms with Crippen LogP contribution in [0, 0.1) is 0 Å². The Balaban J connectivity index is 4.15. The summed E-state index contributed by atoms with van der Waals surface area (Å²) < 4.78 is 17.2. The number of quaternary nitrogens is 1. The van der Waals surface area contributed by atoms with E-state index in [-0.39, 0.29) is 42.7 Å². The molecule has 0 N–H and O–H groups in total. The lowest BCUT2D eigenvalue weighted by Crippen LogP contribution is -2.55. The molecular formula is C50H91NO7. The fourth-order valence-corrected chi connectivity index (χ4v) is 7.09. The van der Waals surface area contributed by atoms with Crippen molar-refractivity contribution in [1.29, 1.82) is 0 Å². The number of likely N-dealkylation sites (N-methyl/N-ethyl adjacent to an activating group) is 1. The number of hydrogen-bond donors (Lipinski definition) is 0. The van der Waals surface area contributed by atoms with Gasteiger partial charge < -0.3 is 28.6 Å². The third kappa shape index (κ3) is 39.0. The predicted octanol–water partition coefficient (Wildman–Crippen LogP) is 12.1. The molecule has 0 bridgehead atoms. The number of carboxylic acids is 1. The molecule has 0 spiro atoms. The Morgan fingerprint density at radius 3 is 1.43 bits per heavy atom. The van der Waals surface area contributed by atoms with Crippen LogP contribution in [-0.2, 0) is 28.6 Å². The van der Waals surface area contributed by atoms with Crippen LogP contribution >= 0.6 is 0 Å². The molecule has 338 valence electrons. The van der Waals surface area contributed by atoms with Crippen molar-refractivity contribution in [2.24, 2.45) is 0 Å². The SMILES string of the molecule is CC/C=C/C/C=C/C/C=C/CCCCCCCCCCCCCCCC(=O)OCC(COCCC(C(=O)[O-])[N+](C)(C)C)OC(=O)CCCCCCCCCCCCC. The van der Waals surface area contributed by atoms with Gasteiger partial charge in [0.2, 0.25) is 0 Å². The number of hydrogen-bond acceptors (Lipinski definition) is 7. The molecule has 2 unspecified atom stereocenters. The summed E-state index contributed by atoms with van der Waals surface area (Å²) in [6.07, 6.45) is 47.5. The summed E-state index contributed by atoms with van der Waals surface area (Å²) in [4.78, 5) is 36.9. The zero-order valence-corrected chi connectivity index (χ0v) is 38.5. The molecule has 0 amide bonds. The fourth-order valence-electron chi connectivity index (χ4n) is 7.09. The van der Waals surface area contributed by atoms with Gasteiger partial charge in [-0.25, -0.2) is 0 Å². The van der Waals surface area contributed by atoms with Gasteiger partial charge in [0.15, 0.2) is 6.10 Å². The first kappa shape index (κ1) is 55.5. The molecule has 8 heteroatoms. The number of aliphatic carboxylic acids is 1. The number of carbonyl (C=O) groups excluding carboxylic acids is 3. The van der Waals surface area contributed by atoms with E-state index in [2.05, 4.69) is 50.3 Å². The van der Waals surface area contributed by atoms with Crippen LogP contribution in [0.25, 0.3) is 0 Å². The summed E-state index contributed by atoms with van der Waals surface area (Å²) in [5.41, 5.74) is 0. The summed E-state index contributed by atoms with van der Waals surface area (Å²) >= 11 is 0. The molecule has 0 fully saturated rings. The number of rotatable bonds is 43. The molecule has 0 aromatic carbocycles. The van der Waals surface area contributed by atoms with Crippen molar-refractivity contribution in [2.75, 3.05) is 41.0 Å². The highest BCUT2D eigenvalue weighted by Crippen LogP contribution is 2.16. The van der Waals surface area contributed by atoms with Crippen molar-refractivity contribution in [1.82, 2.24) is 0 Å². The minimum Gasteiger partial charge on any atom is -0.544 e. The van der Waals surface area contributed by atoms with Crippen LogP contribution in [0.5, 0.6) is 0 Å². The molecule has 0 saturated carbocycles. The van der Waals surface area contributed by atoms with Crippen molar-refractivity contribution in [3.63, 3.8) is 0 Å². The second-order valence-corrected chi connectivity index (χ2v) is 17.3. The summed E-state index contributed by atoms with van der Waals surface area (Å²) in [7, 11) is 5.41. The van der Waals surface area contributed by atoms with Gasteiger partial charge >= 0.3 is 11.9 Å². The molecule has 58 heavy (non-hydrogen) atoms. The van der Waals surface area contributed by atoms with E-state index in [1.54, 1.807) is 21.1 Å². The number of unbranched alkanes of at least 4 members (excludes halogenated alkanes) is 23. The number of esters is 2. The van der Waals surface area contributed by atoms with E-state index < -0.39 is 18.1 Å². The van der Waals surface area contributed by atoms with Crippen LogP contribution in [-0.4, -0.2) is 75.5 Å². The van der Waals surface area contributed by atoms with Crippen LogP contribution in [0.2, 0.25) is 0 Å². The van der Waals surface area contributed by atoms with Gasteiger partial charge in [-0.05, 0) is 44.9 Å². The molecule has 0 aromatic rings. The Morgan fingerprint density at radius 1 is 0.534 bits per heavy atom. The van der Waals surface area contributed by atoms with Crippen molar-refractivity contribution in [2.45, 2.75) is 225 Å². The topological polar surface area (TPSA) is 102 Å². The minimum atomic E-state index is -1.12. The maximum absolute atomic E-state index is 12.7. The summed E-state index contributed by atoms with van der Waals surface area (Å²) in [6.45, 7) is 4.56. The van der Waals surface area contributed by atoms with Gasteiger partial charge in [-0.1, -0.05) is 185 Å². The van der Waals surface area contributed by atoms with E-state index in [9.17, 15) is 19.5 Å². The number of nitrogens with zero attached hydrogens (tertiary/aromatic N) is 1. The highest BCUT2D eigenvalue weighted by atomic mass is 16.6. The van der Waals surface area contributed by atoms with Gasteiger partial charge in [-0.2, -0.15) is 0 Å². The smallest absolute Gasteiger partial charge is 0.306 e. The largest absolute Gasteiger partial charge is 0.544 e. The highest BCUT2D eigenvalue weighted by molar-refractivity contribution is 5.70. The maximum Gasteiger partial charge on any atom is 0.306 e. The number of ether oxygens (including phenoxy) is 3. The van der Waals surface area contributed by atoms with Crippen LogP contribution in [0.1, 0.15) is 213 Å². The van der Waals surface area contributed by atoms with Crippen molar-refractivity contribution >= 4 is 17.9 Å². The lowest BCUT2D eigenvalue weighted by atomic mass is 10.0. The zero-order valence-electron chi connectivity index (χ0n) is 38.5. The third-order valence-corrected chi connectivity index (χ3v) is 10.8. The molecule has 0 saturated heterocycles. The molecule has 0 heterocycles. The molecule has 0 aliphatic heterocycles. The molecule has 8 nitrogen and oxygen atoms in total. The Kier molecular flexibility index (Phi) is 39.5. The van der Waals surface area contributed by atoms with Gasteiger partial charge in [-0.15, -0.1) is 0 Å². The average Bonchev–Trinajstić information content (AvgIpc) is 3.18. The van der Waals surface area contributed by atoms with E-state index in [0.29, 0.717) is 12.8 Å². The summed E-state index contributed by atoms with van der Waals surface area (Å²) in [6, 6.07) is -0.723. The number of carbonyl (C=O) groups is 3. The number of carboxylic acid groups (broad SMARTS) is 1. The van der Waals surface area contributed by atoms with Gasteiger partial charge in [0.05, 0.1) is 40.3 Å². The second kappa shape index (κ2) is 41.3. The van der Waals surface area contributed by atoms with Gasteiger partial charge in [0.25, 0.3) is 0 Å². The van der Waals surface area contributed by atoms with Crippen molar-refractivity contribution in [3.8, 4) is 0 Å². The van der Waals surface area contributed by atoms with Crippen LogP contribution < -0.4 is 5.11 Å². The first-order valence-electron chi connectivity index (χ1n) is 24.0. The number of allylic oxidation sites excluding steroid dienone is 6. The lowest BCUT2D eigenvalue weighted by Gasteiger charge is -2.34. The zero-order chi connectivity index (χ0) is 42.8. The Hall–Kier alpha value is -2.45. The molecule has 0 aliphatic rings. The van der Waals surface area contributed by atoms with Gasteiger partial charge in [-0.3, -0.25) is 9.59 Å². The second-order valence-electron chi connectivity index (χ2n) is 17.3. The molecular weight excluding hydrogens is 727 g/mol. The average molecular weight is 818 g/mol. The molecule has 2 atom stereocenters. The van der Waals surface area contributed by atoms with Crippen molar-refractivity contribution < 1.29 is 38.2 Å². The summed E-state index contributed by atoms with van der Waals surface area (Å²) in [5, 5.41) is 11.6. The van der Waals surface area contributed by atoms with Gasteiger partial charge in [0, 0.05) is 19.3 Å². The van der Waals surface area contributed by atoms with Crippen LogP contribution in [0.15, 0.2) is 36.5 Å². The molecule has 0 aliphatic carbocycles.